The zero-order valence-corrected chi connectivity index (χ0v) is 17.5. The number of rotatable bonds is 7. The van der Waals surface area contributed by atoms with E-state index in [-0.39, 0.29) is 42.2 Å². The lowest BCUT2D eigenvalue weighted by Crippen LogP contribution is -2.24. The summed E-state index contributed by atoms with van der Waals surface area (Å²) in [5, 5.41) is 0. The molecule has 2 heterocycles. The molecule has 1 aliphatic heterocycles. The molecule has 6 nitrogen and oxygen atoms in total. The first-order chi connectivity index (χ1) is 15.3. The number of halogens is 3. The Balaban J connectivity index is 1.44. The Hall–Kier alpha value is -3.33. The first kappa shape index (κ1) is 21.9. The summed E-state index contributed by atoms with van der Waals surface area (Å²) in [6.45, 7) is 4.35. The van der Waals surface area contributed by atoms with Crippen LogP contribution in [0, 0.1) is 17.5 Å². The van der Waals surface area contributed by atoms with Crippen molar-refractivity contribution in [3.63, 3.8) is 0 Å². The summed E-state index contributed by atoms with van der Waals surface area (Å²) in [6, 6.07) is 8.41. The number of benzene rings is 2. The highest BCUT2D eigenvalue weighted by molar-refractivity contribution is 5.65. The molecular weight excluding hydrogens is 425 g/mol. The van der Waals surface area contributed by atoms with Crippen molar-refractivity contribution in [2.45, 2.75) is 39.2 Å². The predicted molar refractivity (Wildman–Crippen MR) is 110 cm³/mol. The monoisotopic (exact) mass is 446 g/mol. The van der Waals surface area contributed by atoms with Crippen molar-refractivity contribution in [3.05, 3.63) is 76.0 Å². The minimum absolute atomic E-state index is 0.00732. The van der Waals surface area contributed by atoms with E-state index in [4.69, 9.17) is 14.2 Å². The van der Waals surface area contributed by atoms with E-state index in [0.29, 0.717) is 12.2 Å². The molecule has 1 atom stereocenters. The third-order valence-corrected chi connectivity index (χ3v) is 4.89. The van der Waals surface area contributed by atoms with Gasteiger partial charge in [0.2, 0.25) is 0 Å². The summed E-state index contributed by atoms with van der Waals surface area (Å²) in [5.74, 6) is -2.06. The smallest absolute Gasteiger partial charge is 0.300 e. The van der Waals surface area contributed by atoms with Crippen LogP contribution in [0.4, 0.5) is 13.2 Å². The summed E-state index contributed by atoms with van der Waals surface area (Å²) >= 11 is 0. The number of aromatic nitrogens is 2. The van der Waals surface area contributed by atoms with Crippen molar-refractivity contribution in [2.75, 3.05) is 6.61 Å². The molecule has 0 bridgehead atoms. The second kappa shape index (κ2) is 9.04. The van der Waals surface area contributed by atoms with Gasteiger partial charge in [0.25, 0.3) is 5.56 Å². The summed E-state index contributed by atoms with van der Waals surface area (Å²) < 4.78 is 60.4. The van der Waals surface area contributed by atoms with Gasteiger partial charge in [0, 0.05) is 11.6 Å². The first-order valence-corrected chi connectivity index (χ1v) is 10.1. The summed E-state index contributed by atoms with van der Waals surface area (Å²) in [5.41, 5.74) is 0.334. The van der Waals surface area contributed by atoms with Gasteiger partial charge in [-0.3, -0.25) is 9.36 Å². The van der Waals surface area contributed by atoms with Gasteiger partial charge in [0.1, 0.15) is 18.2 Å². The van der Waals surface area contributed by atoms with Gasteiger partial charge < -0.3 is 14.2 Å². The van der Waals surface area contributed by atoms with E-state index < -0.39 is 29.1 Å². The van der Waals surface area contributed by atoms with Gasteiger partial charge in [0.15, 0.2) is 17.7 Å². The van der Waals surface area contributed by atoms with E-state index >= 15 is 0 Å². The molecule has 4 rings (SSSR count). The fourth-order valence-corrected chi connectivity index (χ4v) is 3.35. The van der Waals surface area contributed by atoms with Gasteiger partial charge in [-0.05, 0) is 49.7 Å². The quantitative estimate of drug-likeness (QED) is 0.547. The van der Waals surface area contributed by atoms with Crippen molar-refractivity contribution >= 4 is 0 Å². The SMILES string of the molecule is CC(C)OCc1cc(=O)nc2n1CC(COc1ccc(-c3cc(F)ccc3F)cc1F)O2. The number of fused-ring (bicyclic) bond motifs is 1. The number of hydrogen-bond donors (Lipinski definition) is 0. The first-order valence-electron chi connectivity index (χ1n) is 10.1. The van der Waals surface area contributed by atoms with Gasteiger partial charge in [0.05, 0.1) is 24.9 Å². The highest BCUT2D eigenvalue weighted by Gasteiger charge is 2.27. The second-order valence-corrected chi connectivity index (χ2v) is 7.66. The van der Waals surface area contributed by atoms with E-state index in [2.05, 4.69) is 4.98 Å². The molecule has 3 aromatic rings. The van der Waals surface area contributed by atoms with Gasteiger partial charge >= 0.3 is 6.01 Å². The molecule has 2 aromatic carbocycles. The third-order valence-electron chi connectivity index (χ3n) is 4.89. The Labute approximate surface area is 182 Å². The maximum absolute atomic E-state index is 14.5. The minimum Gasteiger partial charge on any atom is -0.487 e. The predicted octanol–water partition coefficient (Wildman–Crippen LogP) is 4.09. The lowest BCUT2D eigenvalue weighted by Gasteiger charge is -2.13. The zero-order chi connectivity index (χ0) is 22.8. The summed E-state index contributed by atoms with van der Waals surface area (Å²) in [6.07, 6.45) is -0.510. The topological polar surface area (TPSA) is 62.6 Å². The Morgan fingerprint density at radius 2 is 1.94 bits per heavy atom. The largest absolute Gasteiger partial charge is 0.487 e. The van der Waals surface area contributed by atoms with Crippen LogP contribution in [0.2, 0.25) is 0 Å². The normalized spacial score (nSPS) is 15.0. The van der Waals surface area contributed by atoms with Crippen LogP contribution in [0.5, 0.6) is 11.8 Å². The number of hydrogen-bond acceptors (Lipinski definition) is 5. The van der Waals surface area contributed by atoms with Crippen LogP contribution in [0.1, 0.15) is 19.5 Å². The standard InChI is InChI=1S/C23H21F3N2O4/c1-13(2)30-11-16-9-22(29)27-23-28(16)10-17(32-23)12-31-21-6-3-14(7-20(21)26)18-8-15(24)4-5-19(18)25/h3-9,13,17H,10-12H2,1-2H3. The Morgan fingerprint density at radius 1 is 1.12 bits per heavy atom. The molecule has 9 heteroatoms. The van der Waals surface area contributed by atoms with E-state index in [0.717, 1.165) is 24.3 Å². The molecule has 1 aromatic heterocycles. The van der Waals surface area contributed by atoms with Gasteiger partial charge in [-0.1, -0.05) is 6.07 Å². The van der Waals surface area contributed by atoms with Crippen molar-refractivity contribution in [2.24, 2.45) is 0 Å². The fourth-order valence-electron chi connectivity index (χ4n) is 3.35. The fraction of sp³-hybridized carbons (Fsp3) is 0.304. The maximum atomic E-state index is 14.5. The van der Waals surface area contributed by atoms with Gasteiger partial charge in [-0.25, -0.2) is 13.2 Å². The molecule has 0 amide bonds. The molecule has 32 heavy (non-hydrogen) atoms. The van der Waals surface area contributed by atoms with Crippen LogP contribution in [0.25, 0.3) is 11.1 Å². The molecule has 0 spiro atoms. The maximum Gasteiger partial charge on any atom is 0.300 e. The zero-order valence-electron chi connectivity index (χ0n) is 17.5. The van der Waals surface area contributed by atoms with Crippen molar-refractivity contribution in [3.8, 4) is 22.9 Å². The Morgan fingerprint density at radius 3 is 2.69 bits per heavy atom. The Kier molecular flexibility index (Phi) is 6.18. The second-order valence-electron chi connectivity index (χ2n) is 7.66. The van der Waals surface area contributed by atoms with Crippen LogP contribution in [0.3, 0.4) is 0 Å². The molecule has 0 radical (unpaired) electrons. The average Bonchev–Trinajstić information content (AvgIpc) is 3.15. The van der Waals surface area contributed by atoms with Gasteiger partial charge in [-0.15, -0.1) is 0 Å². The highest BCUT2D eigenvalue weighted by atomic mass is 19.1. The van der Waals surface area contributed by atoms with Crippen LogP contribution in [0.15, 0.2) is 47.3 Å². The summed E-state index contributed by atoms with van der Waals surface area (Å²) in [4.78, 5) is 15.7. The van der Waals surface area contributed by atoms with Crippen LogP contribution >= 0.6 is 0 Å². The molecule has 1 aliphatic rings. The van der Waals surface area contributed by atoms with Crippen molar-refractivity contribution < 1.29 is 27.4 Å². The molecule has 1 unspecified atom stereocenters. The van der Waals surface area contributed by atoms with Crippen LogP contribution < -0.4 is 15.0 Å². The van der Waals surface area contributed by atoms with Crippen LogP contribution in [-0.4, -0.2) is 28.4 Å². The third kappa shape index (κ3) is 4.77. The summed E-state index contributed by atoms with van der Waals surface area (Å²) in [7, 11) is 0. The molecule has 0 N–H and O–H groups in total. The molecular formula is C23H21F3N2O4. The highest BCUT2D eigenvalue weighted by Crippen LogP contribution is 2.29. The van der Waals surface area contributed by atoms with E-state index in [1.54, 1.807) is 4.57 Å². The molecule has 0 saturated heterocycles. The Bertz CT molecular complexity index is 1200. The van der Waals surface area contributed by atoms with Crippen molar-refractivity contribution in [1.82, 2.24) is 9.55 Å². The van der Waals surface area contributed by atoms with Gasteiger partial charge in [-0.2, -0.15) is 4.98 Å². The molecule has 168 valence electrons. The van der Waals surface area contributed by atoms with E-state index in [1.807, 2.05) is 13.8 Å². The molecule has 0 fully saturated rings. The van der Waals surface area contributed by atoms with E-state index in [9.17, 15) is 18.0 Å². The lowest BCUT2D eigenvalue weighted by molar-refractivity contribution is 0.0613. The van der Waals surface area contributed by atoms with Crippen molar-refractivity contribution in [1.29, 1.82) is 0 Å². The lowest BCUT2D eigenvalue weighted by atomic mass is 10.0. The molecule has 0 saturated carbocycles. The number of ether oxygens (including phenoxy) is 3. The molecule has 0 aliphatic carbocycles. The minimum atomic E-state index is -0.722. The number of nitrogens with zero attached hydrogens (tertiary/aromatic N) is 2. The van der Waals surface area contributed by atoms with E-state index in [1.165, 1.54) is 18.2 Å². The van der Waals surface area contributed by atoms with Crippen LogP contribution in [-0.2, 0) is 17.9 Å². The average molecular weight is 446 g/mol.